The van der Waals surface area contributed by atoms with E-state index < -0.39 is 18.7 Å². The van der Waals surface area contributed by atoms with E-state index in [1.54, 1.807) is 12.1 Å². The molecule has 146 valence electrons. The minimum absolute atomic E-state index is 0.141. The van der Waals surface area contributed by atoms with Gasteiger partial charge in [-0.25, -0.2) is 9.78 Å². The zero-order valence-electron chi connectivity index (χ0n) is 15.1. The molecule has 2 aliphatic heterocycles. The first-order valence-electron chi connectivity index (χ1n) is 9.25. The maximum absolute atomic E-state index is 12.9. The Morgan fingerprint density at radius 1 is 1.30 bits per heavy atom. The fourth-order valence-corrected chi connectivity index (χ4v) is 4.48. The van der Waals surface area contributed by atoms with Gasteiger partial charge >= 0.3 is 12.1 Å². The lowest BCUT2D eigenvalue weighted by molar-refractivity contribution is -0.140. The Hall–Kier alpha value is -2.09. The van der Waals surface area contributed by atoms with Crippen molar-refractivity contribution in [1.29, 1.82) is 0 Å². The Balaban J connectivity index is 1.56. The van der Waals surface area contributed by atoms with Crippen molar-refractivity contribution in [2.75, 3.05) is 7.05 Å². The van der Waals surface area contributed by atoms with E-state index in [0.717, 1.165) is 30.3 Å². The van der Waals surface area contributed by atoms with Crippen LogP contribution in [0.1, 0.15) is 42.5 Å². The third-order valence-corrected chi connectivity index (χ3v) is 5.77. The predicted octanol–water partition coefficient (Wildman–Crippen LogP) is 3.77. The summed E-state index contributed by atoms with van der Waals surface area (Å²) in [6.45, 7) is -1.19. The highest BCUT2D eigenvalue weighted by molar-refractivity contribution is 6.03. The molecule has 2 fully saturated rings. The van der Waals surface area contributed by atoms with Gasteiger partial charge in [-0.15, -0.1) is 0 Å². The van der Waals surface area contributed by atoms with Crippen LogP contribution in [0.2, 0.25) is 0 Å². The maximum Gasteiger partial charge on any atom is 0.406 e. The van der Waals surface area contributed by atoms with Crippen LogP contribution in [0.4, 0.5) is 13.2 Å². The van der Waals surface area contributed by atoms with Crippen LogP contribution >= 0.6 is 0 Å². The zero-order valence-corrected chi connectivity index (χ0v) is 15.1. The Labute approximate surface area is 155 Å². The van der Waals surface area contributed by atoms with E-state index in [1.807, 2.05) is 0 Å². The van der Waals surface area contributed by atoms with E-state index in [-0.39, 0.29) is 17.3 Å². The molecule has 2 aliphatic rings. The largest absolute Gasteiger partial charge is 0.459 e. The number of halogens is 3. The third kappa shape index (κ3) is 3.67. The van der Waals surface area contributed by atoms with Crippen molar-refractivity contribution in [3.8, 4) is 0 Å². The van der Waals surface area contributed by atoms with Crippen molar-refractivity contribution in [1.82, 2.24) is 14.5 Å². The Morgan fingerprint density at radius 3 is 2.67 bits per heavy atom. The molecule has 27 heavy (non-hydrogen) atoms. The molecule has 2 saturated heterocycles. The summed E-state index contributed by atoms with van der Waals surface area (Å²) < 4.78 is 45.2. The fraction of sp³-hybridized carbons (Fsp3) is 0.579. The quantitative estimate of drug-likeness (QED) is 0.760. The minimum Gasteiger partial charge on any atom is -0.459 e. The molecule has 8 heteroatoms. The van der Waals surface area contributed by atoms with Crippen molar-refractivity contribution in [2.45, 2.75) is 63.0 Å². The van der Waals surface area contributed by atoms with Crippen LogP contribution in [0.25, 0.3) is 11.0 Å². The number of pyridine rings is 1. The topological polar surface area (TPSA) is 47.4 Å². The fourth-order valence-electron chi connectivity index (χ4n) is 4.48. The Kier molecular flexibility index (Phi) is 4.61. The van der Waals surface area contributed by atoms with Gasteiger partial charge in [0.2, 0.25) is 0 Å². The summed E-state index contributed by atoms with van der Waals surface area (Å²) in [4.78, 5) is 19.1. The van der Waals surface area contributed by atoms with Crippen LogP contribution in [-0.2, 0) is 11.3 Å². The van der Waals surface area contributed by atoms with Gasteiger partial charge in [-0.1, -0.05) is 6.42 Å². The number of alkyl halides is 3. The Bertz CT molecular complexity index is 834. The third-order valence-electron chi connectivity index (χ3n) is 5.77. The number of esters is 1. The van der Waals surface area contributed by atoms with Crippen molar-refractivity contribution in [3.05, 3.63) is 30.1 Å². The molecule has 4 heterocycles. The van der Waals surface area contributed by atoms with Gasteiger partial charge in [0, 0.05) is 42.7 Å². The highest BCUT2D eigenvalue weighted by Crippen LogP contribution is 2.34. The van der Waals surface area contributed by atoms with E-state index in [0.29, 0.717) is 17.5 Å². The van der Waals surface area contributed by atoms with Crippen molar-refractivity contribution >= 4 is 17.0 Å². The number of carbonyl (C=O) groups is 1. The van der Waals surface area contributed by atoms with Crippen LogP contribution in [0.15, 0.2) is 24.5 Å². The molecule has 0 amide bonds. The summed E-state index contributed by atoms with van der Waals surface area (Å²) in [7, 11) is 2.11. The smallest absolute Gasteiger partial charge is 0.406 e. The molecule has 0 N–H and O–H groups in total. The van der Waals surface area contributed by atoms with Gasteiger partial charge in [0.25, 0.3) is 0 Å². The molecule has 5 nitrogen and oxygen atoms in total. The molecule has 2 aromatic rings. The second-order valence-electron chi connectivity index (χ2n) is 7.56. The van der Waals surface area contributed by atoms with E-state index in [2.05, 4.69) is 16.9 Å². The molecular weight excluding hydrogens is 359 g/mol. The molecule has 0 spiro atoms. The highest BCUT2D eigenvalue weighted by atomic mass is 19.4. The van der Waals surface area contributed by atoms with Crippen molar-refractivity contribution in [3.63, 3.8) is 0 Å². The first-order valence-corrected chi connectivity index (χ1v) is 9.25. The van der Waals surface area contributed by atoms with Crippen LogP contribution in [0.5, 0.6) is 0 Å². The average molecular weight is 381 g/mol. The second kappa shape index (κ2) is 6.82. The van der Waals surface area contributed by atoms with Crippen LogP contribution in [-0.4, -0.2) is 51.8 Å². The maximum atomic E-state index is 12.9. The summed E-state index contributed by atoms with van der Waals surface area (Å²) in [5.41, 5.74) is 0.286. The number of carbonyl (C=O) groups excluding carboxylic acids is 1. The SMILES string of the molecule is CN1[C@@H]2CCC[C@H]1CC(OC(=O)c1cn(CC(F)(F)F)c3ncccc13)C2. The summed E-state index contributed by atoms with van der Waals surface area (Å²) in [6, 6.07) is 4.03. The Morgan fingerprint density at radius 2 is 2.00 bits per heavy atom. The molecule has 0 saturated carbocycles. The van der Waals surface area contributed by atoms with Gasteiger partial charge < -0.3 is 14.2 Å². The summed E-state index contributed by atoms with van der Waals surface area (Å²) in [5, 5.41) is 0.389. The van der Waals surface area contributed by atoms with Crippen molar-refractivity contribution < 1.29 is 22.7 Å². The second-order valence-corrected chi connectivity index (χ2v) is 7.56. The van der Waals surface area contributed by atoms with E-state index in [9.17, 15) is 18.0 Å². The monoisotopic (exact) mass is 381 g/mol. The number of aromatic nitrogens is 2. The number of ether oxygens (including phenoxy) is 1. The number of hydrogen-bond acceptors (Lipinski definition) is 4. The number of fused-ring (bicyclic) bond motifs is 3. The van der Waals surface area contributed by atoms with E-state index in [4.69, 9.17) is 4.74 Å². The van der Waals surface area contributed by atoms with Gasteiger partial charge in [-0.2, -0.15) is 13.2 Å². The molecular formula is C19H22F3N3O2. The number of nitrogens with zero attached hydrogens (tertiary/aromatic N) is 3. The molecule has 0 aromatic carbocycles. The number of piperidine rings is 2. The number of hydrogen-bond donors (Lipinski definition) is 0. The van der Waals surface area contributed by atoms with Gasteiger partial charge in [0.1, 0.15) is 18.3 Å². The number of rotatable bonds is 3. The average Bonchev–Trinajstić information content (AvgIpc) is 2.93. The molecule has 0 radical (unpaired) electrons. The van der Waals surface area contributed by atoms with Gasteiger partial charge in [0.05, 0.1) is 5.56 Å². The molecule has 4 rings (SSSR count). The lowest BCUT2D eigenvalue weighted by Crippen LogP contribution is -2.52. The first-order chi connectivity index (χ1) is 12.8. The van der Waals surface area contributed by atoms with Gasteiger partial charge in [-0.3, -0.25) is 0 Å². The van der Waals surface area contributed by atoms with Gasteiger partial charge in [-0.05, 0) is 32.0 Å². The minimum atomic E-state index is -4.39. The molecule has 2 aromatic heterocycles. The summed E-state index contributed by atoms with van der Waals surface area (Å²) in [6.07, 6.45) is 2.97. The lowest BCUT2D eigenvalue weighted by atomic mass is 9.83. The first kappa shape index (κ1) is 18.3. The molecule has 2 bridgehead atoms. The van der Waals surface area contributed by atoms with Crippen LogP contribution in [0.3, 0.4) is 0 Å². The normalized spacial score (nSPS) is 26.3. The summed E-state index contributed by atoms with van der Waals surface area (Å²) in [5.74, 6) is -0.568. The van der Waals surface area contributed by atoms with Gasteiger partial charge in [0.15, 0.2) is 0 Å². The summed E-state index contributed by atoms with van der Waals surface area (Å²) >= 11 is 0. The molecule has 1 unspecified atom stereocenters. The van der Waals surface area contributed by atoms with Crippen LogP contribution in [0, 0.1) is 0 Å². The molecule has 3 atom stereocenters. The van der Waals surface area contributed by atoms with Crippen LogP contribution < -0.4 is 0 Å². The zero-order chi connectivity index (χ0) is 19.2. The van der Waals surface area contributed by atoms with E-state index >= 15 is 0 Å². The highest BCUT2D eigenvalue weighted by Gasteiger charge is 2.38. The molecule has 0 aliphatic carbocycles. The van der Waals surface area contributed by atoms with Crippen molar-refractivity contribution in [2.24, 2.45) is 0 Å². The lowest BCUT2D eigenvalue weighted by Gasteiger charge is -2.46. The standard InChI is InChI=1S/C19H22F3N3O2/c1-24-12-4-2-5-13(24)9-14(8-12)27-18(26)16-10-25(11-19(20,21)22)17-15(16)6-3-7-23-17/h3,6-7,10,12-14H,2,4-5,8-9,11H2,1H3/t12-,13+,14?. The van der Waals surface area contributed by atoms with E-state index in [1.165, 1.54) is 18.8 Å². The predicted molar refractivity (Wildman–Crippen MR) is 93.4 cm³/mol.